The van der Waals surface area contributed by atoms with E-state index in [-0.39, 0.29) is 12.1 Å². The number of aliphatic hydroxyl groups is 1. The third-order valence-corrected chi connectivity index (χ3v) is 3.55. The zero-order valence-electron chi connectivity index (χ0n) is 12.0. The van der Waals surface area contributed by atoms with Gasteiger partial charge in [0.2, 0.25) is 0 Å². The van der Waals surface area contributed by atoms with Crippen molar-refractivity contribution >= 4 is 34.2 Å². The standard InChI is InChI=1S/C15H14ClN3O3/c1-8-3-10-12(19-7-15(2,22)14(20)21)9(5-17)6-18-13(10)11(16)4-8/h3-4,6,22H,7H2,1-2H3,(H,18,19)(H,20,21)/t15-/m1/s1. The molecule has 0 fully saturated rings. The Hall–Kier alpha value is -2.36. The maximum absolute atomic E-state index is 11.0. The van der Waals surface area contributed by atoms with Crippen LogP contribution in [0.15, 0.2) is 18.3 Å². The summed E-state index contributed by atoms with van der Waals surface area (Å²) >= 11 is 6.15. The lowest BCUT2D eigenvalue weighted by molar-refractivity contribution is -0.155. The van der Waals surface area contributed by atoms with Gasteiger partial charge in [-0.05, 0) is 31.5 Å². The van der Waals surface area contributed by atoms with Gasteiger partial charge in [-0.1, -0.05) is 11.6 Å². The van der Waals surface area contributed by atoms with E-state index in [0.29, 0.717) is 21.6 Å². The fraction of sp³-hybridized carbons (Fsp3) is 0.267. The van der Waals surface area contributed by atoms with E-state index >= 15 is 0 Å². The number of nitrogens with one attached hydrogen (secondary N) is 1. The van der Waals surface area contributed by atoms with Crippen molar-refractivity contribution in [2.75, 3.05) is 11.9 Å². The number of aryl methyl sites for hydroxylation is 1. The van der Waals surface area contributed by atoms with Crippen LogP contribution in [0.2, 0.25) is 5.02 Å². The molecule has 0 radical (unpaired) electrons. The number of carboxylic acid groups (broad SMARTS) is 1. The molecule has 0 aliphatic carbocycles. The molecule has 0 unspecified atom stereocenters. The zero-order chi connectivity index (χ0) is 16.5. The summed E-state index contributed by atoms with van der Waals surface area (Å²) in [4.78, 5) is 15.1. The number of nitriles is 1. The van der Waals surface area contributed by atoms with Crippen molar-refractivity contribution in [3.8, 4) is 6.07 Å². The van der Waals surface area contributed by atoms with Crippen molar-refractivity contribution in [1.29, 1.82) is 5.26 Å². The average molecular weight is 320 g/mol. The van der Waals surface area contributed by atoms with E-state index in [1.165, 1.54) is 13.1 Å². The zero-order valence-corrected chi connectivity index (χ0v) is 12.8. The average Bonchev–Trinajstić information content (AvgIpc) is 2.44. The number of fused-ring (bicyclic) bond motifs is 1. The van der Waals surface area contributed by atoms with Crippen LogP contribution in [0.3, 0.4) is 0 Å². The van der Waals surface area contributed by atoms with Crippen molar-refractivity contribution in [1.82, 2.24) is 4.98 Å². The Bertz CT molecular complexity index is 797. The first kappa shape index (κ1) is 16.0. The topological polar surface area (TPSA) is 106 Å². The van der Waals surface area contributed by atoms with Gasteiger partial charge in [-0.15, -0.1) is 0 Å². The van der Waals surface area contributed by atoms with Crippen LogP contribution in [-0.2, 0) is 4.79 Å². The first-order valence-corrected chi connectivity index (χ1v) is 6.82. The third kappa shape index (κ3) is 2.96. The molecule has 1 aromatic heterocycles. The number of carboxylic acids is 1. The first-order chi connectivity index (χ1) is 10.3. The Balaban J connectivity index is 2.56. The highest BCUT2D eigenvalue weighted by Crippen LogP contribution is 2.31. The molecule has 0 saturated heterocycles. The molecule has 3 N–H and O–H groups in total. The Labute approximate surface area is 132 Å². The number of benzene rings is 1. The lowest BCUT2D eigenvalue weighted by atomic mass is 10.0. The smallest absolute Gasteiger partial charge is 0.337 e. The summed E-state index contributed by atoms with van der Waals surface area (Å²) in [5, 5.41) is 31.9. The van der Waals surface area contributed by atoms with E-state index in [0.717, 1.165) is 5.56 Å². The lowest BCUT2D eigenvalue weighted by Gasteiger charge is -2.20. The highest BCUT2D eigenvalue weighted by molar-refractivity contribution is 6.35. The summed E-state index contributed by atoms with van der Waals surface area (Å²) in [7, 11) is 0. The Morgan fingerprint density at radius 1 is 1.55 bits per heavy atom. The molecule has 1 aromatic carbocycles. The molecule has 7 heteroatoms. The quantitative estimate of drug-likeness (QED) is 0.798. The molecule has 0 saturated carbocycles. The SMILES string of the molecule is Cc1cc(Cl)c2ncc(C#N)c(NC[C@@](C)(O)C(=O)O)c2c1. The summed E-state index contributed by atoms with van der Waals surface area (Å²) in [6, 6.07) is 5.54. The number of pyridine rings is 1. The molecule has 2 rings (SSSR count). The van der Waals surface area contributed by atoms with E-state index in [1.54, 1.807) is 12.1 Å². The minimum atomic E-state index is -1.96. The maximum Gasteiger partial charge on any atom is 0.337 e. The Morgan fingerprint density at radius 3 is 2.82 bits per heavy atom. The van der Waals surface area contributed by atoms with Gasteiger partial charge in [0, 0.05) is 11.6 Å². The van der Waals surface area contributed by atoms with Gasteiger partial charge in [-0.3, -0.25) is 4.98 Å². The first-order valence-electron chi connectivity index (χ1n) is 6.45. The predicted octanol–water partition coefficient (Wildman–Crippen LogP) is 2.32. The van der Waals surface area contributed by atoms with Gasteiger partial charge in [0.25, 0.3) is 0 Å². The number of carbonyl (C=O) groups is 1. The van der Waals surface area contributed by atoms with Gasteiger partial charge in [-0.25, -0.2) is 4.79 Å². The van der Waals surface area contributed by atoms with Crippen molar-refractivity contribution in [3.63, 3.8) is 0 Å². The maximum atomic E-state index is 11.0. The molecule has 1 atom stereocenters. The fourth-order valence-corrected chi connectivity index (χ4v) is 2.33. The number of hydrogen-bond acceptors (Lipinski definition) is 5. The van der Waals surface area contributed by atoms with Gasteiger partial charge < -0.3 is 15.5 Å². The largest absolute Gasteiger partial charge is 0.479 e. The van der Waals surface area contributed by atoms with Gasteiger partial charge in [0.15, 0.2) is 5.60 Å². The molecule has 22 heavy (non-hydrogen) atoms. The van der Waals surface area contributed by atoms with Crippen LogP contribution in [0.4, 0.5) is 5.69 Å². The Morgan fingerprint density at radius 2 is 2.23 bits per heavy atom. The highest BCUT2D eigenvalue weighted by atomic mass is 35.5. The van der Waals surface area contributed by atoms with Crippen molar-refractivity contribution in [2.45, 2.75) is 19.4 Å². The summed E-state index contributed by atoms with van der Waals surface area (Å²) in [6.07, 6.45) is 1.36. The second-order valence-electron chi connectivity index (χ2n) is 5.23. The van der Waals surface area contributed by atoms with Crippen LogP contribution < -0.4 is 5.32 Å². The second kappa shape index (κ2) is 5.79. The van der Waals surface area contributed by atoms with Crippen molar-refractivity contribution < 1.29 is 15.0 Å². The van der Waals surface area contributed by atoms with E-state index in [9.17, 15) is 15.2 Å². The number of aromatic nitrogens is 1. The van der Waals surface area contributed by atoms with E-state index < -0.39 is 11.6 Å². The summed E-state index contributed by atoms with van der Waals surface area (Å²) in [5.41, 5.74) is 0.0665. The van der Waals surface area contributed by atoms with Crippen LogP contribution >= 0.6 is 11.6 Å². The minimum Gasteiger partial charge on any atom is -0.479 e. The highest BCUT2D eigenvalue weighted by Gasteiger charge is 2.30. The number of rotatable bonds is 4. The van der Waals surface area contributed by atoms with E-state index in [2.05, 4.69) is 10.3 Å². The van der Waals surface area contributed by atoms with Crippen LogP contribution in [0, 0.1) is 18.3 Å². The second-order valence-corrected chi connectivity index (χ2v) is 5.64. The molecule has 0 spiro atoms. The Kier molecular flexibility index (Phi) is 4.22. The van der Waals surface area contributed by atoms with E-state index in [4.69, 9.17) is 16.7 Å². The summed E-state index contributed by atoms with van der Waals surface area (Å²) < 4.78 is 0. The van der Waals surface area contributed by atoms with Crippen molar-refractivity contribution in [3.05, 3.63) is 34.5 Å². The van der Waals surface area contributed by atoms with Gasteiger partial charge in [0.05, 0.1) is 28.3 Å². The third-order valence-electron chi connectivity index (χ3n) is 3.26. The van der Waals surface area contributed by atoms with Crippen LogP contribution in [0.25, 0.3) is 10.9 Å². The van der Waals surface area contributed by atoms with Crippen LogP contribution in [0.5, 0.6) is 0 Å². The molecule has 0 aliphatic heterocycles. The molecular formula is C15H14ClN3O3. The normalized spacial score (nSPS) is 13.4. The summed E-state index contributed by atoms with van der Waals surface area (Å²) in [6.45, 7) is 2.76. The van der Waals surface area contributed by atoms with Crippen molar-refractivity contribution in [2.24, 2.45) is 0 Å². The number of nitrogens with zero attached hydrogens (tertiary/aromatic N) is 2. The molecule has 0 bridgehead atoms. The molecule has 114 valence electrons. The van der Waals surface area contributed by atoms with Gasteiger partial charge in [-0.2, -0.15) is 5.26 Å². The van der Waals surface area contributed by atoms with Crippen LogP contribution in [-0.4, -0.2) is 33.3 Å². The van der Waals surface area contributed by atoms with Gasteiger partial charge >= 0.3 is 5.97 Å². The fourth-order valence-electron chi connectivity index (χ4n) is 2.01. The van der Waals surface area contributed by atoms with Crippen LogP contribution in [0.1, 0.15) is 18.1 Å². The monoisotopic (exact) mass is 319 g/mol. The number of aliphatic carboxylic acids is 1. The predicted molar refractivity (Wildman–Crippen MR) is 83.0 cm³/mol. The van der Waals surface area contributed by atoms with Gasteiger partial charge in [0.1, 0.15) is 6.07 Å². The number of halogens is 1. The van der Waals surface area contributed by atoms with E-state index in [1.807, 2.05) is 13.0 Å². The molecule has 0 amide bonds. The molecule has 1 heterocycles. The number of anilines is 1. The number of hydrogen-bond donors (Lipinski definition) is 3. The molecular weight excluding hydrogens is 306 g/mol. The molecule has 6 nitrogen and oxygen atoms in total. The summed E-state index contributed by atoms with van der Waals surface area (Å²) in [5.74, 6) is -1.36. The minimum absolute atomic E-state index is 0.246. The molecule has 0 aliphatic rings. The lowest BCUT2D eigenvalue weighted by Crippen LogP contribution is -2.41. The molecule has 2 aromatic rings.